The molecule has 0 radical (unpaired) electrons. The van der Waals surface area contributed by atoms with Crippen molar-refractivity contribution in [2.45, 2.75) is 33.4 Å². The van der Waals surface area contributed by atoms with E-state index in [1.54, 1.807) is 0 Å². The summed E-state index contributed by atoms with van der Waals surface area (Å²) in [7, 11) is 0. The maximum Gasteiger partial charge on any atom is 0.0870 e. The van der Waals surface area contributed by atoms with E-state index in [0.29, 0.717) is 17.6 Å². The summed E-state index contributed by atoms with van der Waals surface area (Å²) in [5, 5.41) is 0. The van der Waals surface area contributed by atoms with E-state index in [4.69, 9.17) is 18.0 Å². The van der Waals surface area contributed by atoms with Gasteiger partial charge in [-0.25, -0.2) is 0 Å². The van der Waals surface area contributed by atoms with Gasteiger partial charge in [-0.15, -0.1) is 0 Å². The number of thiocarbonyl (C=S) groups is 1. The van der Waals surface area contributed by atoms with E-state index in [9.17, 15) is 0 Å². The molecule has 0 aliphatic rings. The van der Waals surface area contributed by atoms with Crippen LogP contribution < -0.4 is 5.73 Å². The lowest BCUT2D eigenvalue weighted by Gasteiger charge is -2.26. The number of nitrogens with two attached hydrogens (primary N) is 1. The van der Waals surface area contributed by atoms with Crippen LogP contribution in [0.3, 0.4) is 0 Å². The molecule has 1 rings (SSSR count). The molecule has 0 saturated heterocycles. The minimum atomic E-state index is 0.445. The van der Waals surface area contributed by atoms with Gasteiger partial charge in [-0.2, -0.15) is 0 Å². The summed E-state index contributed by atoms with van der Waals surface area (Å²) in [5.74, 6) is 0. The maximum absolute atomic E-state index is 5.61. The van der Waals surface area contributed by atoms with Gasteiger partial charge in [0.05, 0.1) is 4.99 Å². The zero-order chi connectivity index (χ0) is 12.1. The minimum Gasteiger partial charge on any atom is -0.392 e. The lowest BCUT2D eigenvalue weighted by atomic mass is 10.1. The number of nitrogens with zero attached hydrogens (tertiary/aromatic N) is 1. The molecule has 0 heterocycles. The van der Waals surface area contributed by atoms with Gasteiger partial charge in [0.2, 0.25) is 0 Å². The fraction of sp³-hybridized carbons (Fsp3) is 0.462. The molecule has 0 unspecified atom stereocenters. The van der Waals surface area contributed by atoms with Crippen LogP contribution in [0.4, 0.5) is 0 Å². The summed E-state index contributed by atoms with van der Waals surface area (Å²) in [4.78, 5) is 2.84. The summed E-state index contributed by atoms with van der Waals surface area (Å²) < 4.78 is 0. The molecule has 3 heteroatoms. The Balaban J connectivity index is 2.76. The zero-order valence-electron chi connectivity index (χ0n) is 10.2. The first-order valence-electron chi connectivity index (χ1n) is 5.57. The molecule has 0 atom stereocenters. The van der Waals surface area contributed by atoms with Crippen LogP contribution in [-0.2, 0) is 6.54 Å². The lowest BCUT2D eigenvalue weighted by molar-refractivity contribution is 0.245. The normalized spacial score (nSPS) is 11.1. The van der Waals surface area contributed by atoms with Gasteiger partial charge in [-0.1, -0.05) is 36.5 Å². The summed E-state index contributed by atoms with van der Waals surface area (Å²) >= 11 is 4.98. The third kappa shape index (κ3) is 3.91. The molecule has 0 amide bonds. The Morgan fingerprint density at radius 1 is 1.38 bits per heavy atom. The van der Waals surface area contributed by atoms with Crippen molar-refractivity contribution in [2.24, 2.45) is 5.73 Å². The van der Waals surface area contributed by atoms with Gasteiger partial charge in [0.1, 0.15) is 0 Å². The lowest BCUT2D eigenvalue weighted by Crippen LogP contribution is -2.37. The molecular formula is C13H20N2S. The van der Waals surface area contributed by atoms with Crippen molar-refractivity contribution in [3.05, 3.63) is 35.4 Å². The highest BCUT2D eigenvalue weighted by Crippen LogP contribution is 2.12. The monoisotopic (exact) mass is 236 g/mol. The molecule has 88 valence electrons. The van der Waals surface area contributed by atoms with E-state index < -0.39 is 0 Å². The summed E-state index contributed by atoms with van der Waals surface area (Å²) in [6.45, 7) is 8.05. The van der Waals surface area contributed by atoms with Crippen molar-refractivity contribution in [1.82, 2.24) is 4.90 Å². The van der Waals surface area contributed by atoms with Crippen LogP contribution in [0.5, 0.6) is 0 Å². The van der Waals surface area contributed by atoms with E-state index in [1.165, 1.54) is 11.1 Å². The first-order chi connectivity index (χ1) is 7.50. The van der Waals surface area contributed by atoms with Crippen molar-refractivity contribution in [3.8, 4) is 0 Å². The van der Waals surface area contributed by atoms with Gasteiger partial charge in [0.25, 0.3) is 0 Å². The van der Waals surface area contributed by atoms with Gasteiger partial charge in [0.15, 0.2) is 0 Å². The van der Waals surface area contributed by atoms with Gasteiger partial charge in [-0.05, 0) is 31.9 Å². The average Bonchev–Trinajstić information content (AvgIpc) is 2.19. The highest BCUT2D eigenvalue weighted by atomic mass is 32.1. The maximum atomic E-state index is 5.61. The van der Waals surface area contributed by atoms with E-state index in [1.807, 2.05) is 0 Å². The fourth-order valence-corrected chi connectivity index (χ4v) is 1.79. The van der Waals surface area contributed by atoms with Crippen LogP contribution in [0.15, 0.2) is 24.3 Å². The second-order valence-corrected chi connectivity index (χ2v) is 4.92. The van der Waals surface area contributed by atoms with Crippen molar-refractivity contribution in [1.29, 1.82) is 0 Å². The molecular weight excluding hydrogens is 216 g/mol. The number of benzene rings is 1. The Hall–Kier alpha value is -0.930. The van der Waals surface area contributed by atoms with Gasteiger partial charge >= 0.3 is 0 Å². The molecule has 0 aromatic heterocycles. The van der Waals surface area contributed by atoms with Gasteiger partial charge < -0.3 is 5.73 Å². The Morgan fingerprint density at radius 2 is 2.00 bits per heavy atom. The molecule has 0 spiro atoms. The standard InChI is InChI=1S/C13H20N2S/c1-10(2)15(9-13(14)16)8-12-7-5-4-6-11(12)3/h4-7,10H,8-9H2,1-3H3,(H2,14,16). The Kier molecular flexibility index (Phi) is 4.90. The first kappa shape index (κ1) is 13.1. The van der Waals surface area contributed by atoms with Crippen molar-refractivity contribution in [3.63, 3.8) is 0 Å². The topological polar surface area (TPSA) is 29.3 Å². The van der Waals surface area contributed by atoms with E-state index in [-0.39, 0.29) is 0 Å². The second kappa shape index (κ2) is 5.97. The van der Waals surface area contributed by atoms with E-state index in [0.717, 1.165) is 6.54 Å². The number of hydrogen-bond acceptors (Lipinski definition) is 2. The van der Waals surface area contributed by atoms with E-state index in [2.05, 4.69) is 49.9 Å². The highest BCUT2D eigenvalue weighted by molar-refractivity contribution is 7.80. The molecule has 16 heavy (non-hydrogen) atoms. The van der Waals surface area contributed by atoms with Crippen LogP contribution >= 0.6 is 12.2 Å². The molecule has 0 fully saturated rings. The molecule has 0 bridgehead atoms. The van der Waals surface area contributed by atoms with Crippen LogP contribution in [0.1, 0.15) is 25.0 Å². The van der Waals surface area contributed by atoms with Gasteiger partial charge in [0, 0.05) is 19.1 Å². The zero-order valence-corrected chi connectivity index (χ0v) is 11.1. The predicted octanol–water partition coefficient (Wildman–Crippen LogP) is 2.49. The SMILES string of the molecule is Cc1ccccc1CN(CC(N)=S)C(C)C. The number of aryl methyl sites for hydroxylation is 1. The first-order valence-corrected chi connectivity index (χ1v) is 5.98. The Labute approximate surface area is 103 Å². The van der Waals surface area contributed by atoms with Crippen LogP contribution in [0, 0.1) is 6.92 Å². The smallest absolute Gasteiger partial charge is 0.0870 e. The van der Waals surface area contributed by atoms with Crippen LogP contribution in [0.2, 0.25) is 0 Å². The second-order valence-electron chi connectivity index (χ2n) is 4.39. The number of hydrogen-bond donors (Lipinski definition) is 1. The molecule has 0 aliphatic heterocycles. The molecule has 2 N–H and O–H groups in total. The third-order valence-corrected chi connectivity index (χ3v) is 2.85. The van der Waals surface area contributed by atoms with Crippen molar-refractivity contribution in [2.75, 3.05) is 6.54 Å². The van der Waals surface area contributed by atoms with Crippen molar-refractivity contribution < 1.29 is 0 Å². The molecule has 0 saturated carbocycles. The molecule has 0 aliphatic carbocycles. The molecule has 2 nitrogen and oxygen atoms in total. The quantitative estimate of drug-likeness (QED) is 0.796. The third-order valence-electron chi connectivity index (χ3n) is 2.72. The predicted molar refractivity (Wildman–Crippen MR) is 73.5 cm³/mol. The summed E-state index contributed by atoms with van der Waals surface area (Å²) in [6, 6.07) is 8.87. The average molecular weight is 236 g/mol. The number of rotatable bonds is 5. The molecule has 1 aromatic rings. The summed E-state index contributed by atoms with van der Waals surface area (Å²) in [5.41, 5.74) is 8.27. The van der Waals surface area contributed by atoms with Crippen LogP contribution in [0.25, 0.3) is 0 Å². The minimum absolute atomic E-state index is 0.445. The van der Waals surface area contributed by atoms with Crippen molar-refractivity contribution >= 4 is 17.2 Å². The summed E-state index contributed by atoms with van der Waals surface area (Å²) in [6.07, 6.45) is 0. The Morgan fingerprint density at radius 3 is 2.50 bits per heavy atom. The van der Waals surface area contributed by atoms with E-state index >= 15 is 0 Å². The molecule has 1 aromatic carbocycles. The van der Waals surface area contributed by atoms with Gasteiger partial charge in [-0.3, -0.25) is 4.90 Å². The Bertz CT molecular complexity index is 361. The van der Waals surface area contributed by atoms with Crippen LogP contribution in [-0.4, -0.2) is 22.5 Å². The largest absolute Gasteiger partial charge is 0.392 e. The highest BCUT2D eigenvalue weighted by Gasteiger charge is 2.11. The fourth-order valence-electron chi connectivity index (χ4n) is 1.63.